The number of rotatable bonds is 3. The van der Waals surface area contributed by atoms with E-state index in [1.807, 2.05) is 66.7 Å². The second kappa shape index (κ2) is 10.4. The second-order valence-corrected chi connectivity index (χ2v) is 6.31. The molecule has 3 nitrogen and oxygen atoms in total. The molecule has 0 saturated heterocycles. The lowest BCUT2D eigenvalue weighted by Crippen LogP contribution is -2.20. The van der Waals surface area contributed by atoms with E-state index in [0.29, 0.717) is 11.4 Å². The topological polar surface area (TPSA) is 38.3 Å². The summed E-state index contributed by atoms with van der Waals surface area (Å²) in [6.45, 7) is 1.77. The van der Waals surface area contributed by atoms with Crippen molar-refractivity contribution in [2.45, 2.75) is 6.92 Å². The van der Waals surface area contributed by atoms with Crippen molar-refractivity contribution in [2.75, 3.05) is 7.05 Å². The molecule has 146 valence electrons. The Hall–Kier alpha value is -4.21. The molecule has 0 saturated carbocycles. The Balaban J connectivity index is 1.63. The second-order valence-electron chi connectivity index (χ2n) is 6.31. The van der Waals surface area contributed by atoms with Crippen LogP contribution in [0.3, 0.4) is 0 Å². The Labute approximate surface area is 177 Å². The summed E-state index contributed by atoms with van der Waals surface area (Å²) in [5, 5.41) is 2.80. The van der Waals surface area contributed by atoms with Crippen LogP contribution in [0.5, 0.6) is 5.75 Å². The van der Waals surface area contributed by atoms with Crippen LogP contribution in [-0.4, -0.2) is 13.0 Å². The summed E-state index contributed by atoms with van der Waals surface area (Å²) < 4.78 is 5.31. The molecule has 0 bridgehead atoms. The van der Waals surface area contributed by atoms with Crippen LogP contribution in [0.4, 0.5) is 0 Å². The lowest BCUT2D eigenvalue weighted by Gasteiger charge is -2.06. The minimum Gasteiger partial charge on any atom is -0.422 e. The largest absolute Gasteiger partial charge is 0.422 e. The molecule has 3 aromatic carbocycles. The van der Waals surface area contributed by atoms with Crippen LogP contribution < -0.4 is 10.1 Å². The van der Waals surface area contributed by atoms with Gasteiger partial charge >= 0.3 is 5.97 Å². The number of likely N-dealkylation sites (N-methyl/N-ethyl adjacent to an activating group) is 1. The first-order valence-electron chi connectivity index (χ1n) is 9.53. The van der Waals surface area contributed by atoms with Crippen LogP contribution in [0.1, 0.15) is 29.2 Å². The van der Waals surface area contributed by atoms with Gasteiger partial charge in [-0.05, 0) is 67.6 Å². The van der Waals surface area contributed by atoms with Crippen molar-refractivity contribution in [3.63, 3.8) is 0 Å². The van der Waals surface area contributed by atoms with Crippen molar-refractivity contribution in [3.05, 3.63) is 113 Å². The summed E-state index contributed by atoms with van der Waals surface area (Å²) in [6, 6.07) is 24.8. The summed E-state index contributed by atoms with van der Waals surface area (Å²) in [7, 11) is 1.68. The molecule has 0 spiro atoms. The molecule has 30 heavy (non-hydrogen) atoms. The molecular weight excluding hydrogens is 370 g/mol. The van der Waals surface area contributed by atoms with Crippen molar-refractivity contribution < 1.29 is 9.53 Å². The van der Waals surface area contributed by atoms with Crippen LogP contribution in [0.2, 0.25) is 0 Å². The van der Waals surface area contributed by atoms with Crippen LogP contribution in [-0.2, 0) is 4.79 Å². The Bertz CT molecular complexity index is 1150. The van der Waals surface area contributed by atoms with Gasteiger partial charge in [-0.3, -0.25) is 0 Å². The first kappa shape index (κ1) is 20.5. The normalized spacial score (nSPS) is 10.1. The molecule has 0 amide bonds. The number of ether oxygens (including phenoxy) is 1. The first-order valence-corrected chi connectivity index (χ1v) is 9.53. The Morgan fingerprint density at radius 3 is 1.60 bits per heavy atom. The molecular formula is C27H21NO2. The number of carbonyl (C=O) groups excluding carboxylic acids is 1. The quantitative estimate of drug-likeness (QED) is 0.309. The van der Waals surface area contributed by atoms with Crippen LogP contribution in [0.15, 0.2) is 90.6 Å². The highest BCUT2D eigenvalue weighted by atomic mass is 16.5. The third kappa shape index (κ3) is 5.89. The fourth-order valence-corrected chi connectivity index (χ4v) is 2.58. The molecule has 3 aromatic rings. The maximum absolute atomic E-state index is 11.9. The first-order chi connectivity index (χ1) is 14.7. The Kier molecular flexibility index (Phi) is 7.09. The molecule has 0 radical (unpaired) electrons. The summed E-state index contributed by atoms with van der Waals surface area (Å²) in [5.74, 6) is 12.6. The summed E-state index contributed by atoms with van der Waals surface area (Å²) in [6.07, 6.45) is 1.67. The van der Waals surface area contributed by atoms with E-state index in [2.05, 4.69) is 29.0 Å². The number of allylic oxidation sites excluding steroid dienone is 1. The lowest BCUT2D eigenvalue weighted by molar-refractivity contribution is -0.130. The minimum atomic E-state index is -0.422. The maximum atomic E-state index is 11.9. The van der Waals surface area contributed by atoms with E-state index in [9.17, 15) is 4.79 Å². The molecule has 1 N–H and O–H groups in total. The number of hydrogen-bond donors (Lipinski definition) is 1. The third-order valence-corrected chi connectivity index (χ3v) is 4.20. The van der Waals surface area contributed by atoms with Crippen molar-refractivity contribution in [3.8, 4) is 29.4 Å². The van der Waals surface area contributed by atoms with Crippen LogP contribution in [0.25, 0.3) is 0 Å². The fraction of sp³-hybridized carbons (Fsp3) is 0.0741. The number of hydrogen-bond acceptors (Lipinski definition) is 3. The SMILES string of the molecule is C/C=C(\NC)C(=O)Oc1ccc(C#Cc2ccc(C#Cc3ccccc3)cc2)cc1. The van der Waals surface area contributed by atoms with Gasteiger partial charge in [0.1, 0.15) is 11.4 Å². The van der Waals surface area contributed by atoms with E-state index < -0.39 is 5.97 Å². The van der Waals surface area contributed by atoms with Gasteiger partial charge in [-0.15, -0.1) is 0 Å². The zero-order valence-corrected chi connectivity index (χ0v) is 16.9. The smallest absolute Gasteiger partial charge is 0.359 e. The molecule has 0 fully saturated rings. The van der Waals surface area contributed by atoms with Crippen LogP contribution in [0, 0.1) is 23.7 Å². The predicted octanol–water partition coefficient (Wildman–Crippen LogP) is 4.51. The minimum absolute atomic E-state index is 0.413. The van der Waals surface area contributed by atoms with Crippen molar-refractivity contribution >= 4 is 5.97 Å². The van der Waals surface area contributed by atoms with Crippen molar-refractivity contribution in [1.82, 2.24) is 5.32 Å². The predicted molar refractivity (Wildman–Crippen MR) is 120 cm³/mol. The summed E-state index contributed by atoms with van der Waals surface area (Å²) in [5.41, 5.74) is 4.09. The van der Waals surface area contributed by atoms with Gasteiger partial charge in [-0.25, -0.2) is 4.79 Å². The van der Waals surface area contributed by atoms with Gasteiger partial charge in [0.25, 0.3) is 0 Å². The Morgan fingerprint density at radius 1 is 0.733 bits per heavy atom. The highest BCUT2D eigenvalue weighted by molar-refractivity contribution is 5.89. The molecule has 0 aliphatic rings. The van der Waals surface area contributed by atoms with Gasteiger partial charge in [0.2, 0.25) is 0 Å². The highest BCUT2D eigenvalue weighted by Crippen LogP contribution is 2.13. The molecule has 3 rings (SSSR count). The lowest BCUT2D eigenvalue weighted by atomic mass is 10.1. The molecule has 0 atom stereocenters. The highest BCUT2D eigenvalue weighted by Gasteiger charge is 2.08. The Morgan fingerprint density at radius 2 is 1.17 bits per heavy atom. The van der Waals surface area contributed by atoms with Gasteiger partial charge in [-0.1, -0.05) is 48.0 Å². The zero-order chi connectivity index (χ0) is 21.2. The van der Waals surface area contributed by atoms with E-state index in [4.69, 9.17) is 4.74 Å². The number of carbonyl (C=O) groups is 1. The van der Waals surface area contributed by atoms with Gasteiger partial charge in [0.15, 0.2) is 0 Å². The van der Waals surface area contributed by atoms with Gasteiger partial charge in [0.05, 0.1) is 0 Å². The maximum Gasteiger partial charge on any atom is 0.359 e. The van der Waals surface area contributed by atoms with E-state index >= 15 is 0 Å². The zero-order valence-electron chi connectivity index (χ0n) is 16.9. The molecule has 3 heteroatoms. The monoisotopic (exact) mass is 391 g/mol. The van der Waals surface area contributed by atoms with E-state index in [1.54, 1.807) is 32.2 Å². The molecule has 0 heterocycles. The van der Waals surface area contributed by atoms with Crippen molar-refractivity contribution in [1.29, 1.82) is 0 Å². The van der Waals surface area contributed by atoms with Gasteiger partial charge < -0.3 is 10.1 Å². The molecule has 0 aliphatic carbocycles. The molecule has 0 aromatic heterocycles. The fourth-order valence-electron chi connectivity index (χ4n) is 2.58. The average molecular weight is 391 g/mol. The van der Waals surface area contributed by atoms with Crippen LogP contribution >= 0.6 is 0 Å². The standard InChI is InChI=1S/C27H21NO2/c1-3-26(28-2)27(29)30-25-19-17-24(18-20-25)16-15-23-13-11-22(12-14-23)10-9-21-7-5-4-6-8-21/h3-8,11-14,17-20,28H,1-2H3/b26-3-. The van der Waals surface area contributed by atoms with E-state index in [-0.39, 0.29) is 0 Å². The summed E-state index contributed by atoms with van der Waals surface area (Å²) in [4.78, 5) is 11.9. The van der Waals surface area contributed by atoms with Gasteiger partial charge in [-0.2, -0.15) is 0 Å². The van der Waals surface area contributed by atoms with Gasteiger partial charge in [0, 0.05) is 29.3 Å². The molecule has 0 unspecified atom stereocenters. The van der Waals surface area contributed by atoms with Crippen molar-refractivity contribution in [2.24, 2.45) is 0 Å². The number of benzene rings is 3. The molecule has 0 aliphatic heterocycles. The third-order valence-electron chi connectivity index (χ3n) is 4.20. The average Bonchev–Trinajstić information content (AvgIpc) is 2.79. The summed E-state index contributed by atoms with van der Waals surface area (Å²) >= 11 is 0. The van der Waals surface area contributed by atoms with E-state index in [1.165, 1.54) is 0 Å². The number of nitrogens with one attached hydrogen (secondary N) is 1. The van der Waals surface area contributed by atoms with E-state index in [0.717, 1.165) is 22.3 Å². The number of esters is 1.